The second kappa shape index (κ2) is 12.3. The molecule has 1 spiro atoms. The zero-order chi connectivity index (χ0) is 26.7. The number of piperidine rings is 1. The highest BCUT2D eigenvalue weighted by Crippen LogP contribution is 2.36. The van der Waals surface area contributed by atoms with Gasteiger partial charge in [-0.1, -0.05) is 27.7 Å². The molecule has 3 atom stereocenters. The van der Waals surface area contributed by atoms with Crippen LogP contribution in [0.15, 0.2) is 0 Å². The summed E-state index contributed by atoms with van der Waals surface area (Å²) in [6.45, 7) is 17.7. The van der Waals surface area contributed by atoms with E-state index < -0.39 is 11.8 Å². The van der Waals surface area contributed by atoms with Crippen molar-refractivity contribution in [1.29, 1.82) is 0 Å². The number of likely N-dealkylation sites (N-methyl/N-ethyl adjacent to an activating group) is 1. The Bertz CT molecular complexity index is 776. The smallest absolute Gasteiger partial charge is 0.245 e. The average molecular weight is 521 g/mol. The number of carbonyl (C=O) groups excluding carboxylic acids is 2. The molecule has 212 valence electrons. The van der Waals surface area contributed by atoms with Gasteiger partial charge in [0.1, 0.15) is 6.04 Å². The average Bonchev–Trinajstić information content (AvgIpc) is 3.35. The molecule has 0 N–H and O–H groups in total. The number of ether oxygens (including phenoxy) is 2. The Morgan fingerprint density at radius 3 is 2.27 bits per heavy atom. The van der Waals surface area contributed by atoms with E-state index in [1.165, 1.54) is 25.9 Å². The molecule has 0 aromatic rings. The molecule has 4 aliphatic rings. The van der Waals surface area contributed by atoms with Crippen LogP contribution in [-0.2, 0) is 19.1 Å². The van der Waals surface area contributed by atoms with Crippen LogP contribution in [0.25, 0.3) is 0 Å². The van der Waals surface area contributed by atoms with Crippen LogP contribution < -0.4 is 0 Å². The third-order valence-electron chi connectivity index (χ3n) is 8.88. The molecule has 0 aromatic carbocycles. The third kappa shape index (κ3) is 6.87. The fraction of sp³-hybridized carbons (Fsp3) is 0.931. The summed E-state index contributed by atoms with van der Waals surface area (Å²) in [6, 6.07) is -0.527. The molecule has 2 amide bonds. The van der Waals surface area contributed by atoms with Crippen molar-refractivity contribution in [3.05, 3.63) is 0 Å². The fourth-order valence-electron chi connectivity index (χ4n) is 6.78. The van der Waals surface area contributed by atoms with E-state index in [1.807, 2.05) is 16.8 Å². The Morgan fingerprint density at radius 2 is 1.68 bits per heavy atom. The number of carbonyl (C=O) groups is 2. The summed E-state index contributed by atoms with van der Waals surface area (Å²) in [5.41, 5.74) is 0. The molecule has 8 nitrogen and oxygen atoms in total. The van der Waals surface area contributed by atoms with Crippen molar-refractivity contribution in [2.45, 2.75) is 97.1 Å². The molecule has 4 saturated heterocycles. The van der Waals surface area contributed by atoms with Gasteiger partial charge >= 0.3 is 0 Å². The Kier molecular flexibility index (Phi) is 9.58. The van der Waals surface area contributed by atoms with Gasteiger partial charge in [0.15, 0.2) is 5.79 Å². The Balaban J connectivity index is 1.38. The molecular weight excluding hydrogens is 468 g/mol. The van der Waals surface area contributed by atoms with E-state index in [2.05, 4.69) is 44.4 Å². The molecule has 0 bridgehead atoms. The van der Waals surface area contributed by atoms with E-state index in [1.54, 1.807) is 0 Å². The Hall–Kier alpha value is -1.22. The standard InChI is InChI=1S/C29H52N4O4/c1-21(2)15-25-27(34)33(14-13-30(25)6)26(16-22(3)4)28(35)32-12-9-29(17-23(32)5)36-19-24(20-37-29)18-31-10-7-8-11-31/h21-26H,7-20H2,1-6H3/t23-,24?,25-,26?,29?/m0/s1. The van der Waals surface area contributed by atoms with Crippen LogP contribution in [0.4, 0.5) is 0 Å². The van der Waals surface area contributed by atoms with Crippen LogP contribution in [0.3, 0.4) is 0 Å². The number of nitrogens with zero attached hydrogens (tertiary/aromatic N) is 4. The van der Waals surface area contributed by atoms with Gasteiger partial charge in [-0.2, -0.15) is 0 Å². The van der Waals surface area contributed by atoms with Crippen LogP contribution in [0, 0.1) is 17.8 Å². The summed E-state index contributed by atoms with van der Waals surface area (Å²) in [5.74, 6) is 0.826. The summed E-state index contributed by atoms with van der Waals surface area (Å²) in [5, 5.41) is 0. The van der Waals surface area contributed by atoms with Gasteiger partial charge in [-0.05, 0) is 64.6 Å². The lowest BCUT2D eigenvalue weighted by Gasteiger charge is -2.50. The highest BCUT2D eigenvalue weighted by Gasteiger charge is 2.47. The lowest BCUT2D eigenvalue weighted by Crippen LogP contribution is -2.64. The van der Waals surface area contributed by atoms with Crippen molar-refractivity contribution >= 4 is 11.8 Å². The van der Waals surface area contributed by atoms with Gasteiger partial charge in [-0.3, -0.25) is 14.5 Å². The van der Waals surface area contributed by atoms with Crippen molar-refractivity contribution in [3.63, 3.8) is 0 Å². The first-order chi connectivity index (χ1) is 17.6. The van der Waals surface area contributed by atoms with Gasteiger partial charge in [0, 0.05) is 51.0 Å². The Labute approximate surface area is 225 Å². The molecule has 0 aliphatic carbocycles. The number of piperazine rings is 1. The highest BCUT2D eigenvalue weighted by molar-refractivity contribution is 5.90. The fourth-order valence-corrected chi connectivity index (χ4v) is 6.78. The van der Waals surface area contributed by atoms with E-state index in [-0.39, 0.29) is 23.9 Å². The third-order valence-corrected chi connectivity index (χ3v) is 8.88. The molecule has 37 heavy (non-hydrogen) atoms. The molecule has 0 saturated carbocycles. The van der Waals surface area contributed by atoms with Crippen LogP contribution in [0.2, 0.25) is 0 Å². The van der Waals surface area contributed by atoms with E-state index in [9.17, 15) is 9.59 Å². The first-order valence-corrected chi connectivity index (χ1v) is 14.9. The Morgan fingerprint density at radius 1 is 1.00 bits per heavy atom. The number of likely N-dealkylation sites (tertiary alicyclic amines) is 2. The van der Waals surface area contributed by atoms with E-state index in [0.29, 0.717) is 50.1 Å². The minimum atomic E-state index is -0.572. The minimum Gasteiger partial charge on any atom is -0.349 e. The van der Waals surface area contributed by atoms with Gasteiger partial charge in [0.25, 0.3) is 0 Å². The van der Waals surface area contributed by atoms with Crippen molar-refractivity contribution < 1.29 is 19.1 Å². The maximum atomic E-state index is 14.0. The van der Waals surface area contributed by atoms with Gasteiger partial charge in [-0.25, -0.2) is 0 Å². The number of hydrogen-bond donors (Lipinski definition) is 0. The molecule has 4 fully saturated rings. The molecule has 0 aromatic heterocycles. The summed E-state index contributed by atoms with van der Waals surface area (Å²) in [7, 11) is 2.04. The van der Waals surface area contributed by atoms with Crippen LogP contribution >= 0.6 is 0 Å². The topological polar surface area (TPSA) is 65.6 Å². The SMILES string of the molecule is CC(C)CC(C(=O)N1CCC2(C[C@@H]1C)OCC(CN1CCCC1)CO2)N1CCN(C)[C@@H](CC(C)C)C1=O. The number of amides is 2. The van der Waals surface area contributed by atoms with E-state index >= 15 is 0 Å². The minimum absolute atomic E-state index is 0.0140. The monoisotopic (exact) mass is 520 g/mol. The van der Waals surface area contributed by atoms with Crippen molar-refractivity contribution in [2.75, 3.05) is 59.5 Å². The summed E-state index contributed by atoms with van der Waals surface area (Å²) >= 11 is 0. The second-order valence-electron chi connectivity index (χ2n) is 13.0. The van der Waals surface area contributed by atoms with Gasteiger partial charge in [-0.15, -0.1) is 0 Å². The number of rotatable bonds is 8. The molecule has 4 rings (SSSR count). The summed E-state index contributed by atoms with van der Waals surface area (Å²) in [4.78, 5) is 36.3. The largest absolute Gasteiger partial charge is 0.349 e. The summed E-state index contributed by atoms with van der Waals surface area (Å²) in [6.07, 6.45) is 5.51. The first-order valence-electron chi connectivity index (χ1n) is 14.9. The molecule has 8 heteroatoms. The predicted octanol–water partition coefficient (Wildman–Crippen LogP) is 3.06. The number of hydrogen-bond acceptors (Lipinski definition) is 6. The predicted molar refractivity (Wildman–Crippen MR) is 145 cm³/mol. The quantitative estimate of drug-likeness (QED) is 0.490. The zero-order valence-electron chi connectivity index (χ0n) is 24.3. The molecule has 0 radical (unpaired) electrons. The van der Waals surface area contributed by atoms with Gasteiger partial charge in [0.2, 0.25) is 11.8 Å². The second-order valence-corrected chi connectivity index (χ2v) is 13.0. The maximum Gasteiger partial charge on any atom is 0.245 e. The van der Waals surface area contributed by atoms with Crippen LogP contribution in [0.5, 0.6) is 0 Å². The van der Waals surface area contributed by atoms with Crippen molar-refractivity contribution in [1.82, 2.24) is 19.6 Å². The maximum absolute atomic E-state index is 14.0. The van der Waals surface area contributed by atoms with Crippen LogP contribution in [-0.4, -0.2) is 115 Å². The zero-order valence-corrected chi connectivity index (χ0v) is 24.3. The normalized spacial score (nSPS) is 33.2. The molecule has 4 heterocycles. The van der Waals surface area contributed by atoms with Crippen molar-refractivity contribution in [3.8, 4) is 0 Å². The molecule has 4 aliphatic heterocycles. The van der Waals surface area contributed by atoms with Crippen LogP contribution in [0.1, 0.15) is 73.1 Å². The summed E-state index contributed by atoms with van der Waals surface area (Å²) < 4.78 is 12.8. The van der Waals surface area contributed by atoms with E-state index in [0.717, 1.165) is 32.7 Å². The molecular formula is C29H52N4O4. The lowest BCUT2D eigenvalue weighted by molar-refractivity contribution is -0.303. The highest BCUT2D eigenvalue weighted by atomic mass is 16.7. The lowest BCUT2D eigenvalue weighted by atomic mass is 9.92. The first kappa shape index (κ1) is 28.8. The van der Waals surface area contributed by atoms with Crippen molar-refractivity contribution in [2.24, 2.45) is 17.8 Å². The van der Waals surface area contributed by atoms with E-state index in [4.69, 9.17) is 9.47 Å². The molecule has 1 unspecified atom stereocenters. The van der Waals surface area contributed by atoms with Gasteiger partial charge in [0.05, 0.1) is 19.3 Å². The van der Waals surface area contributed by atoms with Gasteiger partial charge < -0.3 is 24.2 Å².